The number of nitrogens with one attached hydrogen (secondary N) is 1. The van der Waals surface area contributed by atoms with Gasteiger partial charge in [0.25, 0.3) is 5.91 Å². The average Bonchev–Trinajstić information content (AvgIpc) is 2.59. The summed E-state index contributed by atoms with van der Waals surface area (Å²) in [6.07, 6.45) is 1.47. The molecule has 0 fully saturated rings. The minimum Gasteiger partial charge on any atom is -0.493 e. The molecule has 138 valence electrons. The van der Waals surface area contributed by atoms with E-state index in [2.05, 4.69) is 16.6 Å². The number of aliphatic hydroxyl groups is 1. The largest absolute Gasteiger partial charge is 0.493 e. The zero-order valence-corrected chi connectivity index (χ0v) is 15.4. The Morgan fingerprint density at radius 1 is 1.23 bits per heavy atom. The highest BCUT2D eigenvalue weighted by Crippen LogP contribution is 2.28. The Morgan fingerprint density at radius 3 is 2.65 bits per heavy atom. The fourth-order valence-corrected chi connectivity index (χ4v) is 2.15. The molecular formula is C20H24N2O4. The minimum absolute atomic E-state index is 0.411. The van der Waals surface area contributed by atoms with Crippen LogP contribution in [0.15, 0.2) is 47.6 Å². The monoisotopic (exact) mass is 356 g/mol. The lowest BCUT2D eigenvalue weighted by Gasteiger charge is -2.14. The van der Waals surface area contributed by atoms with Crippen LogP contribution in [-0.4, -0.2) is 29.9 Å². The fraction of sp³-hybridized carbons (Fsp3) is 0.300. The smallest absolute Gasteiger partial charge is 0.271 e. The molecule has 2 rings (SSSR count). The van der Waals surface area contributed by atoms with Gasteiger partial charge < -0.3 is 14.6 Å². The van der Waals surface area contributed by atoms with Crippen LogP contribution in [0.25, 0.3) is 0 Å². The van der Waals surface area contributed by atoms with Gasteiger partial charge in [-0.3, -0.25) is 4.79 Å². The van der Waals surface area contributed by atoms with Gasteiger partial charge >= 0.3 is 0 Å². The number of hydrogen-bond acceptors (Lipinski definition) is 5. The lowest BCUT2D eigenvalue weighted by atomic mass is 10.1. The van der Waals surface area contributed by atoms with Crippen LogP contribution in [0.5, 0.6) is 11.5 Å². The maximum atomic E-state index is 11.6. The van der Waals surface area contributed by atoms with Crippen LogP contribution in [0.1, 0.15) is 30.5 Å². The highest BCUT2D eigenvalue weighted by Gasteiger charge is 2.22. The van der Waals surface area contributed by atoms with Crippen molar-refractivity contribution in [2.24, 2.45) is 5.10 Å². The molecular weight excluding hydrogens is 332 g/mol. The van der Waals surface area contributed by atoms with E-state index >= 15 is 0 Å². The molecule has 6 heteroatoms. The van der Waals surface area contributed by atoms with E-state index in [4.69, 9.17) is 9.47 Å². The number of hydrogen-bond donors (Lipinski definition) is 2. The molecule has 0 aliphatic rings. The summed E-state index contributed by atoms with van der Waals surface area (Å²) in [6, 6.07) is 13.4. The lowest BCUT2D eigenvalue weighted by Crippen LogP contribution is -2.39. The first-order valence-electron chi connectivity index (χ1n) is 8.22. The number of carbonyl (C=O) groups excluding carboxylic acids is 1. The van der Waals surface area contributed by atoms with E-state index < -0.39 is 11.5 Å². The van der Waals surface area contributed by atoms with Crippen LogP contribution >= 0.6 is 0 Å². The maximum absolute atomic E-state index is 11.6. The zero-order valence-electron chi connectivity index (χ0n) is 15.4. The van der Waals surface area contributed by atoms with Gasteiger partial charge in [-0.25, -0.2) is 5.43 Å². The van der Waals surface area contributed by atoms with Crippen molar-refractivity contribution < 1.29 is 19.4 Å². The molecule has 2 N–H and O–H groups in total. The number of hydrazone groups is 1. The molecule has 0 radical (unpaired) electrons. The minimum atomic E-state index is -1.49. The van der Waals surface area contributed by atoms with Gasteiger partial charge in [-0.1, -0.05) is 29.8 Å². The molecule has 0 saturated heterocycles. The molecule has 0 aromatic heterocycles. The molecule has 1 amide bonds. The molecule has 2 aromatic carbocycles. The van der Waals surface area contributed by atoms with Crippen LogP contribution in [-0.2, 0) is 11.4 Å². The molecule has 0 aliphatic heterocycles. The maximum Gasteiger partial charge on any atom is 0.271 e. The zero-order chi connectivity index (χ0) is 19.2. The van der Waals surface area contributed by atoms with Gasteiger partial charge in [0, 0.05) is 0 Å². The molecule has 0 atom stereocenters. The summed E-state index contributed by atoms with van der Waals surface area (Å²) >= 11 is 0. The summed E-state index contributed by atoms with van der Waals surface area (Å²) in [6.45, 7) is 5.22. The normalized spacial score (nSPS) is 11.4. The predicted octanol–water partition coefficient (Wildman–Crippen LogP) is 2.80. The highest BCUT2D eigenvalue weighted by molar-refractivity contribution is 5.86. The number of carbonyl (C=O) groups is 1. The van der Waals surface area contributed by atoms with Crippen LogP contribution < -0.4 is 14.9 Å². The SMILES string of the molecule is COc1ccc(C=NNC(=O)C(C)(C)O)cc1OCc1cccc(C)c1. The predicted molar refractivity (Wildman–Crippen MR) is 101 cm³/mol. The fourth-order valence-electron chi connectivity index (χ4n) is 2.15. The van der Waals surface area contributed by atoms with E-state index in [-0.39, 0.29) is 0 Å². The first kappa shape index (κ1) is 19.5. The summed E-state index contributed by atoms with van der Waals surface area (Å²) < 4.78 is 11.2. The van der Waals surface area contributed by atoms with E-state index in [1.165, 1.54) is 25.6 Å². The van der Waals surface area contributed by atoms with Crippen LogP contribution in [0, 0.1) is 6.92 Å². The van der Waals surface area contributed by atoms with Crippen molar-refractivity contribution in [3.05, 3.63) is 59.2 Å². The lowest BCUT2D eigenvalue weighted by molar-refractivity contribution is -0.136. The van der Waals surface area contributed by atoms with Crippen molar-refractivity contribution in [3.63, 3.8) is 0 Å². The van der Waals surface area contributed by atoms with E-state index in [0.29, 0.717) is 18.1 Å². The Kier molecular flexibility index (Phi) is 6.36. The summed E-state index contributed by atoms with van der Waals surface area (Å²) in [5, 5.41) is 13.4. The summed E-state index contributed by atoms with van der Waals surface area (Å²) in [7, 11) is 1.58. The summed E-state index contributed by atoms with van der Waals surface area (Å²) in [4.78, 5) is 11.6. The number of ether oxygens (including phenoxy) is 2. The second-order valence-electron chi connectivity index (χ2n) is 6.45. The third-order valence-corrected chi connectivity index (χ3v) is 3.60. The topological polar surface area (TPSA) is 80.2 Å². The highest BCUT2D eigenvalue weighted by atomic mass is 16.5. The Labute approximate surface area is 153 Å². The van der Waals surface area contributed by atoms with Gasteiger partial charge in [0.15, 0.2) is 11.5 Å². The van der Waals surface area contributed by atoms with Crippen LogP contribution in [0.2, 0.25) is 0 Å². The third-order valence-electron chi connectivity index (χ3n) is 3.60. The number of nitrogens with zero attached hydrogens (tertiary/aromatic N) is 1. The number of benzene rings is 2. The third kappa shape index (κ3) is 5.60. The Balaban J connectivity index is 2.08. The number of amides is 1. The first-order valence-corrected chi connectivity index (χ1v) is 8.22. The molecule has 2 aromatic rings. The van der Waals surface area contributed by atoms with Crippen molar-refractivity contribution in [3.8, 4) is 11.5 Å². The van der Waals surface area contributed by atoms with Crippen molar-refractivity contribution >= 4 is 12.1 Å². The van der Waals surface area contributed by atoms with E-state index in [1.807, 2.05) is 25.1 Å². The van der Waals surface area contributed by atoms with Crippen LogP contribution in [0.3, 0.4) is 0 Å². The molecule has 6 nitrogen and oxygen atoms in total. The number of methoxy groups -OCH3 is 1. The summed E-state index contributed by atoms with van der Waals surface area (Å²) in [5.41, 5.74) is 3.76. The number of rotatable bonds is 7. The Hall–Kier alpha value is -2.86. The molecule has 0 bridgehead atoms. The van der Waals surface area contributed by atoms with E-state index in [1.54, 1.807) is 25.3 Å². The van der Waals surface area contributed by atoms with Gasteiger partial charge in [0.05, 0.1) is 13.3 Å². The molecule has 0 saturated carbocycles. The quantitative estimate of drug-likeness (QED) is 0.590. The van der Waals surface area contributed by atoms with Gasteiger partial charge in [0.1, 0.15) is 12.2 Å². The standard InChI is InChI=1S/C20H24N2O4/c1-14-6-5-7-16(10-14)13-26-18-11-15(8-9-17(18)25-4)12-21-22-19(23)20(2,3)24/h5-12,24H,13H2,1-4H3,(H,22,23). The first-order chi connectivity index (χ1) is 12.3. The molecule has 26 heavy (non-hydrogen) atoms. The molecule has 0 aliphatic carbocycles. The second-order valence-corrected chi connectivity index (χ2v) is 6.45. The van der Waals surface area contributed by atoms with Gasteiger partial charge in [-0.2, -0.15) is 5.10 Å². The van der Waals surface area contributed by atoms with Gasteiger partial charge in [-0.05, 0) is 50.1 Å². The van der Waals surface area contributed by atoms with E-state index in [9.17, 15) is 9.90 Å². The molecule has 0 spiro atoms. The second kappa shape index (κ2) is 8.49. The average molecular weight is 356 g/mol. The van der Waals surface area contributed by atoms with Crippen LogP contribution in [0.4, 0.5) is 0 Å². The Morgan fingerprint density at radius 2 is 2.00 bits per heavy atom. The molecule has 0 unspecified atom stereocenters. The van der Waals surface area contributed by atoms with Crippen molar-refractivity contribution in [2.75, 3.05) is 7.11 Å². The van der Waals surface area contributed by atoms with Gasteiger partial charge in [0.2, 0.25) is 0 Å². The number of aryl methyl sites for hydroxylation is 1. The van der Waals surface area contributed by atoms with E-state index in [0.717, 1.165) is 11.1 Å². The molecule has 0 heterocycles. The summed E-state index contributed by atoms with van der Waals surface area (Å²) in [5.74, 6) is 0.597. The van der Waals surface area contributed by atoms with Crippen molar-refractivity contribution in [1.82, 2.24) is 5.43 Å². The van der Waals surface area contributed by atoms with Crippen molar-refractivity contribution in [2.45, 2.75) is 33.0 Å². The van der Waals surface area contributed by atoms with Crippen molar-refractivity contribution in [1.29, 1.82) is 0 Å². The van der Waals surface area contributed by atoms with Gasteiger partial charge in [-0.15, -0.1) is 0 Å². The Bertz CT molecular complexity index is 795.